The molecule has 3 rings (SSSR count). The van der Waals surface area contributed by atoms with E-state index in [1.54, 1.807) is 6.07 Å². The van der Waals surface area contributed by atoms with E-state index in [2.05, 4.69) is 5.32 Å². The van der Waals surface area contributed by atoms with Gasteiger partial charge in [0.25, 0.3) is 5.91 Å². The smallest absolute Gasteiger partial charge is 0.258 e. The van der Waals surface area contributed by atoms with Crippen LogP contribution in [0.2, 0.25) is 0 Å². The fraction of sp³-hybridized carbons (Fsp3) is 0.211. The second kappa shape index (κ2) is 7.55. The van der Waals surface area contributed by atoms with E-state index in [0.717, 1.165) is 11.0 Å². The zero-order valence-corrected chi connectivity index (χ0v) is 13.5. The SMILES string of the molecule is CCOc1ccccc1OCC(=O)NCc1cc2ccccc2o1. The topological polar surface area (TPSA) is 60.7 Å². The summed E-state index contributed by atoms with van der Waals surface area (Å²) < 4.78 is 16.6. The third-order valence-corrected chi connectivity index (χ3v) is 3.44. The molecule has 0 spiro atoms. The number of carbonyl (C=O) groups excluding carboxylic acids is 1. The van der Waals surface area contributed by atoms with Crippen LogP contribution in [0.25, 0.3) is 11.0 Å². The molecule has 24 heavy (non-hydrogen) atoms. The number of rotatable bonds is 7. The van der Waals surface area contributed by atoms with Crippen molar-refractivity contribution in [3.8, 4) is 11.5 Å². The minimum Gasteiger partial charge on any atom is -0.490 e. The molecule has 1 amide bonds. The van der Waals surface area contributed by atoms with Gasteiger partial charge >= 0.3 is 0 Å². The Morgan fingerprint density at radius 3 is 2.50 bits per heavy atom. The van der Waals surface area contributed by atoms with E-state index in [4.69, 9.17) is 13.9 Å². The summed E-state index contributed by atoms with van der Waals surface area (Å²) in [5.74, 6) is 1.67. The van der Waals surface area contributed by atoms with Crippen LogP contribution >= 0.6 is 0 Å². The number of hydrogen-bond acceptors (Lipinski definition) is 4. The van der Waals surface area contributed by atoms with E-state index in [1.807, 2.05) is 55.5 Å². The molecule has 0 radical (unpaired) electrons. The van der Waals surface area contributed by atoms with E-state index >= 15 is 0 Å². The van der Waals surface area contributed by atoms with Gasteiger partial charge in [-0.15, -0.1) is 0 Å². The molecule has 0 aliphatic carbocycles. The molecule has 3 aromatic rings. The molecule has 0 aliphatic rings. The van der Waals surface area contributed by atoms with Crippen molar-refractivity contribution < 1.29 is 18.7 Å². The number of carbonyl (C=O) groups is 1. The predicted molar refractivity (Wildman–Crippen MR) is 91.2 cm³/mol. The van der Waals surface area contributed by atoms with Crippen LogP contribution in [0, 0.1) is 0 Å². The van der Waals surface area contributed by atoms with Crippen LogP contribution in [0.3, 0.4) is 0 Å². The summed E-state index contributed by atoms with van der Waals surface area (Å²) in [6, 6.07) is 16.9. The van der Waals surface area contributed by atoms with Crippen LogP contribution in [0.5, 0.6) is 11.5 Å². The van der Waals surface area contributed by atoms with E-state index < -0.39 is 0 Å². The van der Waals surface area contributed by atoms with Crippen LogP contribution in [0.15, 0.2) is 59.0 Å². The monoisotopic (exact) mass is 325 g/mol. The fourth-order valence-electron chi connectivity index (χ4n) is 2.35. The molecule has 2 aromatic carbocycles. The lowest BCUT2D eigenvalue weighted by Crippen LogP contribution is -2.28. The third-order valence-electron chi connectivity index (χ3n) is 3.44. The highest BCUT2D eigenvalue weighted by Gasteiger charge is 2.09. The zero-order chi connectivity index (χ0) is 16.8. The van der Waals surface area contributed by atoms with E-state index in [-0.39, 0.29) is 12.5 Å². The molecule has 124 valence electrons. The molecule has 0 saturated carbocycles. The molecule has 5 nitrogen and oxygen atoms in total. The maximum Gasteiger partial charge on any atom is 0.258 e. The van der Waals surface area contributed by atoms with Crippen LogP contribution in [0.4, 0.5) is 0 Å². The number of amides is 1. The first kappa shape index (κ1) is 15.9. The van der Waals surface area contributed by atoms with Gasteiger partial charge in [-0.2, -0.15) is 0 Å². The molecular formula is C19H19NO4. The highest BCUT2D eigenvalue weighted by Crippen LogP contribution is 2.26. The Morgan fingerprint density at radius 2 is 1.75 bits per heavy atom. The van der Waals surface area contributed by atoms with Crippen LogP contribution < -0.4 is 14.8 Å². The van der Waals surface area contributed by atoms with Gasteiger partial charge in [0.1, 0.15) is 11.3 Å². The average molecular weight is 325 g/mol. The Balaban J connectivity index is 1.52. The molecule has 5 heteroatoms. The van der Waals surface area contributed by atoms with Crippen molar-refractivity contribution in [3.63, 3.8) is 0 Å². The van der Waals surface area contributed by atoms with Crippen LogP contribution in [0.1, 0.15) is 12.7 Å². The molecule has 0 unspecified atom stereocenters. The predicted octanol–water partition coefficient (Wildman–Crippen LogP) is 3.53. The summed E-state index contributed by atoms with van der Waals surface area (Å²) in [4.78, 5) is 12.0. The number of furan rings is 1. The van der Waals surface area contributed by atoms with Crippen molar-refractivity contribution in [1.29, 1.82) is 0 Å². The first-order chi connectivity index (χ1) is 11.8. The van der Waals surface area contributed by atoms with Gasteiger partial charge in [-0.25, -0.2) is 0 Å². The first-order valence-corrected chi connectivity index (χ1v) is 7.85. The van der Waals surface area contributed by atoms with E-state index in [9.17, 15) is 4.79 Å². The molecule has 1 heterocycles. The van der Waals surface area contributed by atoms with Gasteiger partial charge in [-0.05, 0) is 31.2 Å². The summed E-state index contributed by atoms with van der Waals surface area (Å²) in [6.07, 6.45) is 0. The molecular weight excluding hydrogens is 306 g/mol. The first-order valence-electron chi connectivity index (χ1n) is 7.85. The van der Waals surface area contributed by atoms with Crippen LogP contribution in [-0.4, -0.2) is 19.1 Å². The van der Waals surface area contributed by atoms with E-state index in [1.165, 1.54) is 0 Å². The fourth-order valence-corrected chi connectivity index (χ4v) is 2.35. The highest BCUT2D eigenvalue weighted by molar-refractivity contribution is 5.79. The van der Waals surface area contributed by atoms with Crippen molar-refractivity contribution in [2.45, 2.75) is 13.5 Å². The van der Waals surface area contributed by atoms with E-state index in [0.29, 0.717) is 30.4 Å². The standard InChI is InChI=1S/C19H19NO4/c1-2-22-17-9-5-6-10-18(17)23-13-19(21)20-12-15-11-14-7-3-4-8-16(14)24-15/h3-11H,2,12-13H2,1H3,(H,20,21). The molecule has 1 N–H and O–H groups in total. The largest absolute Gasteiger partial charge is 0.490 e. The Hall–Kier alpha value is -2.95. The Morgan fingerprint density at radius 1 is 1.04 bits per heavy atom. The maximum absolute atomic E-state index is 12.0. The van der Waals surface area contributed by atoms with Gasteiger partial charge in [0.05, 0.1) is 13.2 Å². The minimum atomic E-state index is -0.221. The van der Waals surface area contributed by atoms with Crippen molar-refractivity contribution in [2.24, 2.45) is 0 Å². The van der Waals surface area contributed by atoms with Crippen molar-refractivity contribution in [1.82, 2.24) is 5.32 Å². The lowest BCUT2D eigenvalue weighted by Gasteiger charge is -2.11. The van der Waals surface area contributed by atoms with Gasteiger partial charge in [0.2, 0.25) is 0 Å². The summed E-state index contributed by atoms with van der Waals surface area (Å²) in [7, 11) is 0. The van der Waals surface area contributed by atoms with Gasteiger partial charge in [-0.3, -0.25) is 4.79 Å². The maximum atomic E-state index is 12.0. The summed E-state index contributed by atoms with van der Waals surface area (Å²) in [5.41, 5.74) is 0.809. The second-order valence-corrected chi connectivity index (χ2v) is 5.20. The van der Waals surface area contributed by atoms with Crippen LogP contribution in [-0.2, 0) is 11.3 Å². The zero-order valence-electron chi connectivity index (χ0n) is 13.5. The number of benzene rings is 2. The molecule has 0 aliphatic heterocycles. The van der Waals surface area contributed by atoms with Gasteiger partial charge in [0, 0.05) is 5.39 Å². The summed E-state index contributed by atoms with van der Waals surface area (Å²) in [6.45, 7) is 2.68. The number of ether oxygens (including phenoxy) is 2. The van der Waals surface area contributed by atoms with Crippen molar-refractivity contribution >= 4 is 16.9 Å². The molecule has 0 fully saturated rings. The Labute approximate surface area is 140 Å². The van der Waals surface area contributed by atoms with Gasteiger partial charge < -0.3 is 19.2 Å². The molecule has 0 bridgehead atoms. The summed E-state index contributed by atoms with van der Waals surface area (Å²) >= 11 is 0. The third kappa shape index (κ3) is 3.87. The molecule has 1 aromatic heterocycles. The molecule has 0 atom stereocenters. The summed E-state index contributed by atoms with van der Waals surface area (Å²) in [5, 5.41) is 3.80. The number of para-hydroxylation sites is 3. The number of hydrogen-bond donors (Lipinski definition) is 1. The number of fused-ring (bicyclic) bond motifs is 1. The molecule has 0 saturated heterocycles. The second-order valence-electron chi connectivity index (χ2n) is 5.20. The normalized spacial score (nSPS) is 10.5. The lowest BCUT2D eigenvalue weighted by molar-refractivity contribution is -0.123. The quantitative estimate of drug-likeness (QED) is 0.722. The van der Waals surface area contributed by atoms with Crippen molar-refractivity contribution in [2.75, 3.05) is 13.2 Å². The highest BCUT2D eigenvalue weighted by atomic mass is 16.5. The average Bonchev–Trinajstić information content (AvgIpc) is 3.02. The van der Waals surface area contributed by atoms with Crippen molar-refractivity contribution in [3.05, 3.63) is 60.4 Å². The van der Waals surface area contributed by atoms with Gasteiger partial charge in [-0.1, -0.05) is 30.3 Å². The Bertz CT molecular complexity index is 792. The number of nitrogens with one attached hydrogen (secondary N) is 1. The Kier molecular flexibility index (Phi) is 5.01. The minimum absolute atomic E-state index is 0.0791. The van der Waals surface area contributed by atoms with Gasteiger partial charge in [0.15, 0.2) is 18.1 Å². The lowest BCUT2D eigenvalue weighted by atomic mass is 10.2.